The zero-order valence-corrected chi connectivity index (χ0v) is 24.0. The number of hydrogen-bond acceptors (Lipinski definition) is 6. The lowest BCUT2D eigenvalue weighted by molar-refractivity contribution is -0.127. The number of amides is 1. The number of hydrogen-bond donors (Lipinski definition) is 3. The monoisotopic (exact) mass is 618 g/mol. The maximum absolute atomic E-state index is 15.5. The smallest absolute Gasteiger partial charge is 0.356 e. The molecule has 4 aromatic rings. The molecule has 220 valence electrons. The van der Waals surface area contributed by atoms with E-state index in [9.17, 15) is 19.1 Å². The molecule has 0 saturated heterocycles. The summed E-state index contributed by atoms with van der Waals surface area (Å²) < 4.78 is 41.0. The third-order valence-corrected chi connectivity index (χ3v) is 6.85. The molecule has 0 saturated carbocycles. The highest BCUT2D eigenvalue weighted by atomic mass is 35.5. The number of carboxylic acid groups (broad SMARTS) is 1. The number of nitrogens with one attached hydrogen (secondary N) is 2. The Morgan fingerprint density at radius 3 is 2.45 bits per heavy atom. The molecule has 3 N–H and O–H groups in total. The number of carbonyl (C=O) groups is 2. The maximum atomic E-state index is 15.5. The fraction of sp³-hybridized carbons (Fsp3) is 0.207. The highest BCUT2D eigenvalue weighted by molar-refractivity contribution is 6.31. The number of ether oxygens (including phenoxy) is 2. The lowest BCUT2D eigenvalue weighted by Crippen LogP contribution is -2.34. The molecule has 13 heteroatoms. The van der Waals surface area contributed by atoms with Gasteiger partial charge in [-0.15, -0.1) is 0 Å². The van der Waals surface area contributed by atoms with Crippen molar-refractivity contribution in [3.63, 3.8) is 0 Å². The van der Waals surface area contributed by atoms with E-state index in [-0.39, 0.29) is 58.2 Å². The van der Waals surface area contributed by atoms with Crippen LogP contribution in [0.2, 0.25) is 10.0 Å². The van der Waals surface area contributed by atoms with Gasteiger partial charge in [0.2, 0.25) is 5.91 Å². The third kappa shape index (κ3) is 6.71. The first kappa shape index (κ1) is 30.9. The minimum absolute atomic E-state index is 0.0411. The van der Waals surface area contributed by atoms with E-state index < -0.39 is 29.6 Å². The normalized spacial score (nSPS) is 11.1. The van der Waals surface area contributed by atoms with Crippen LogP contribution < -0.4 is 10.6 Å². The summed E-state index contributed by atoms with van der Waals surface area (Å²) in [4.78, 5) is 29.2. The Balaban J connectivity index is 1.80. The average molecular weight is 619 g/mol. The minimum atomic E-state index is -1.40. The standard InChI is InChI=1S/C29H26Cl2F2N4O5/c1-41-24(42-2)15-35-23(38)12-13-34-21-8-4-3-6-17(21)28-36-26(29(39)40)27(16-10-11-20(32)19(31)14-16)37(28)22-9-5-7-18(30)25(22)33/h3-11,14,24,34H,12-13,15H2,1-2H3,(H,35,38)(H,39,40). The summed E-state index contributed by atoms with van der Waals surface area (Å²) in [7, 11) is 2.92. The van der Waals surface area contributed by atoms with E-state index in [4.69, 9.17) is 32.7 Å². The summed E-state index contributed by atoms with van der Waals surface area (Å²) in [5.74, 6) is -3.14. The van der Waals surface area contributed by atoms with Crippen molar-refractivity contribution in [3.05, 3.63) is 88.0 Å². The van der Waals surface area contributed by atoms with Crippen LogP contribution in [0.25, 0.3) is 28.3 Å². The number of halogens is 4. The molecular weight excluding hydrogens is 593 g/mol. The summed E-state index contributed by atoms with van der Waals surface area (Å²) in [6, 6.07) is 14.7. The van der Waals surface area contributed by atoms with Gasteiger partial charge in [0.05, 0.1) is 28.0 Å². The molecule has 1 aromatic heterocycles. The molecule has 0 unspecified atom stereocenters. The topological polar surface area (TPSA) is 115 Å². The molecule has 4 rings (SSSR count). The Morgan fingerprint density at radius 2 is 1.76 bits per heavy atom. The molecular formula is C29H26Cl2F2N4O5. The number of carbonyl (C=O) groups excluding carboxylic acids is 1. The highest BCUT2D eigenvalue weighted by Crippen LogP contribution is 2.38. The fourth-order valence-electron chi connectivity index (χ4n) is 4.25. The number of aromatic nitrogens is 2. The first-order chi connectivity index (χ1) is 20.2. The summed E-state index contributed by atoms with van der Waals surface area (Å²) in [5, 5.41) is 15.5. The molecule has 0 aliphatic rings. The molecule has 0 aliphatic carbocycles. The summed E-state index contributed by atoms with van der Waals surface area (Å²) in [6.45, 7) is 0.366. The van der Waals surface area contributed by atoms with E-state index in [1.165, 1.54) is 49.1 Å². The highest BCUT2D eigenvalue weighted by Gasteiger charge is 2.28. The Kier molecular flexibility index (Phi) is 10.1. The Hall–Kier alpha value is -4.03. The predicted molar refractivity (Wildman–Crippen MR) is 155 cm³/mol. The van der Waals surface area contributed by atoms with Crippen LogP contribution in [0.3, 0.4) is 0 Å². The van der Waals surface area contributed by atoms with Crippen molar-refractivity contribution < 1.29 is 33.0 Å². The minimum Gasteiger partial charge on any atom is -0.476 e. The van der Waals surface area contributed by atoms with E-state index >= 15 is 4.39 Å². The van der Waals surface area contributed by atoms with Crippen LogP contribution in [0.15, 0.2) is 60.7 Å². The molecule has 42 heavy (non-hydrogen) atoms. The van der Waals surface area contributed by atoms with Crippen LogP contribution in [0.4, 0.5) is 14.5 Å². The van der Waals surface area contributed by atoms with E-state index in [0.717, 1.165) is 6.07 Å². The van der Waals surface area contributed by atoms with Gasteiger partial charge in [-0.3, -0.25) is 9.36 Å². The van der Waals surface area contributed by atoms with E-state index in [2.05, 4.69) is 15.6 Å². The lowest BCUT2D eigenvalue weighted by Gasteiger charge is -2.17. The molecule has 9 nitrogen and oxygen atoms in total. The van der Waals surface area contributed by atoms with Crippen LogP contribution in [-0.4, -0.2) is 60.1 Å². The van der Waals surface area contributed by atoms with Gasteiger partial charge in [0.25, 0.3) is 0 Å². The van der Waals surface area contributed by atoms with Crippen molar-refractivity contribution in [2.24, 2.45) is 0 Å². The number of benzene rings is 3. The van der Waals surface area contributed by atoms with Gasteiger partial charge in [0, 0.05) is 44.0 Å². The van der Waals surface area contributed by atoms with Crippen molar-refractivity contribution in [3.8, 4) is 28.3 Å². The van der Waals surface area contributed by atoms with Crippen molar-refractivity contribution >= 4 is 40.8 Å². The number of methoxy groups -OCH3 is 2. The fourth-order valence-corrected chi connectivity index (χ4v) is 4.60. The van der Waals surface area contributed by atoms with Crippen LogP contribution in [0, 0.1) is 11.6 Å². The van der Waals surface area contributed by atoms with E-state index in [1.54, 1.807) is 24.3 Å². The Morgan fingerprint density at radius 1 is 1.02 bits per heavy atom. The van der Waals surface area contributed by atoms with Crippen LogP contribution >= 0.6 is 23.2 Å². The number of nitrogens with zero attached hydrogens (tertiary/aromatic N) is 2. The number of aromatic carboxylic acids is 1. The van der Waals surface area contributed by atoms with Gasteiger partial charge < -0.3 is 25.2 Å². The summed E-state index contributed by atoms with van der Waals surface area (Å²) >= 11 is 12.1. The van der Waals surface area contributed by atoms with Gasteiger partial charge in [-0.2, -0.15) is 0 Å². The zero-order chi connectivity index (χ0) is 30.4. The SMILES string of the molecule is COC(CNC(=O)CCNc1ccccc1-c1nc(C(=O)O)c(-c2ccc(F)c(Cl)c2)n1-c1cccc(Cl)c1F)OC. The van der Waals surface area contributed by atoms with Gasteiger partial charge in [0.1, 0.15) is 11.6 Å². The van der Waals surface area contributed by atoms with Crippen molar-refractivity contribution in [1.82, 2.24) is 14.9 Å². The molecule has 0 spiro atoms. The quantitative estimate of drug-likeness (QED) is 0.166. The number of imidazole rings is 1. The second-order valence-corrected chi connectivity index (χ2v) is 9.72. The van der Waals surface area contributed by atoms with Gasteiger partial charge in [-0.05, 0) is 42.5 Å². The number of para-hydroxylation sites is 1. The largest absolute Gasteiger partial charge is 0.476 e. The molecule has 0 fully saturated rings. The first-order valence-corrected chi connectivity index (χ1v) is 13.3. The molecule has 3 aromatic carbocycles. The number of carboxylic acids is 1. The molecule has 0 radical (unpaired) electrons. The van der Waals surface area contributed by atoms with Crippen molar-refractivity contribution in [1.29, 1.82) is 0 Å². The van der Waals surface area contributed by atoms with E-state index in [1.807, 2.05) is 0 Å². The van der Waals surface area contributed by atoms with Gasteiger partial charge in [-0.1, -0.05) is 41.4 Å². The zero-order valence-electron chi connectivity index (χ0n) is 22.5. The lowest BCUT2D eigenvalue weighted by atomic mass is 10.1. The Labute approximate surface area is 250 Å². The van der Waals surface area contributed by atoms with Crippen molar-refractivity contribution in [2.45, 2.75) is 12.7 Å². The van der Waals surface area contributed by atoms with Crippen LogP contribution in [-0.2, 0) is 14.3 Å². The molecule has 1 amide bonds. The second-order valence-electron chi connectivity index (χ2n) is 8.90. The average Bonchev–Trinajstić information content (AvgIpc) is 3.37. The number of rotatable bonds is 12. The Bertz CT molecular complexity index is 1610. The molecule has 0 aliphatic heterocycles. The van der Waals surface area contributed by atoms with Crippen LogP contribution in [0.1, 0.15) is 16.9 Å². The second kappa shape index (κ2) is 13.8. The molecule has 0 atom stereocenters. The van der Waals surface area contributed by atoms with Crippen LogP contribution in [0.5, 0.6) is 0 Å². The van der Waals surface area contributed by atoms with Gasteiger partial charge in [0.15, 0.2) is 17.8 Å². The van der Waals surface area contributed by atoms with E-state index in [0.29, 0.717) is 11.3 Å². The van der Waals surface area contributed by atoms with Gasteiger partial charge >= 0.3 is 5.97 Å². The molecule has 1 heterocycles. The summed E-state index contributed by atoms with van der Waals surface area (Å²) in [6.07, 6.45) is -0.493. The first-order valence-electron chi connectivity index (χ1n) is 12.6. The predicted octanol–water partition coefficient (Wildman–Crippen LogP) is 6.03. The summed E-state index contributed by atoms with van der Waals surface area (Å²) in [5.41, 5.74) is 0.523. The van der Waals surface area contributed by atoms with Gasteiger partial charge in [-0.25, -0.2) is 18.6 Å². The third-order valence-electron chi connectivity index (χ3n) is 6.27. The molecule has 0 bridgehead atoms. The van der Waals surface area contributed by atoms with Crippen molar-refractivity contribution in [2.75, 3.05) is 32.6 Å². The maximum Gasteiger partial charge on any atom is 0.356 e. The number of anilines is 1.